The van der Waals surface area contributed by atoms with Gasteiger partial charge in [-0.15, -0.1) is 11.3 Å². The molecular weight excluding hydrogens is 257 g/mol. The Kier molecular flexibility index (Phi) is 2.38. The van der Waals surface area contributed by atoms with Crippen LogP contribution >= 0.6 is 11.3 Å². The third-order valence-electron chi connectivity index (χ3n) is 2.54. The minimum Gasteiger partial charge on any atom is -0.372 e. The average Bonchev–Trinajstić information content (AvgIpc) is 2.74. The van der Waals surface area contributed by atoms with Crippen LogP contribution in [-0.2, 0) is 0 Å². The van der Waals surface area contributed by atoms with Crippen LogP contribution in [0.25, 0.3) is 21.3 Å². The van der Waals surface area contributed by atoms with Gasteiger partial charge in [-0.1, -0.05) is 12.1 Å². The van der Waals surface area contributed by atoms with Gasteiger partial charge in [0, 0.05) is 10.9 Å². The van der Waals surface area contributed by atoms with Crippen LogP contribution in [0, 0.1) is 5.82 Å². The van der Waals surface area contributed by atoms with E-state index in [-0.39, 0.29) is 5.82 Å². The van der Waals surface area contributed by atoms with E-state index < -0.39 is 11.4 Å². The third kappa shape index (κ3) is 1.67. The van der Waals surface area contributed by atoms with Crippen LogP contribution in [0.15, 0.2) is 43.7 Å². The molecular formula is C12H6FNO3S. The van der Waals surface area contributed by atoms with E-state index in [0.717, 1.165) is 5.56 Å². The van der Waals surface area contributed by atoms with Gasteiger partial charge in [0.15, 0.2) is 0 Å². The largest absolute Gasteiger partial charge is 0.419 e. The van der Waals surface area contributed by atoms with E-state index >= 15 is 0 Å². The van der Waals surface area contributed by atoms with Gasteiger partial charge < -0.3 is 4.42 Å². The van der Waals surface area contributed by atoms with Gasteiger partial charge in [0.25, 0.3) is 0 Å². The topological polar surface area (TPSA) is 63.1 Å². The molecule has 0 atom stereocenters. The number of aromatic amines is 1. The molecule has 90 valence electrons. The minimum absolute atomic E-state index is 0.341. The van der Waals surface area contributed by atoms with E-state index in [1.165, 1.54) is 23.5 Å². The quantitative estimate of drug-likeness (QED) is 0.733. The van der Waals surface area contributed by atoms with Gasteiger partial charge in [0.05, 0.1) is 5.52 Å². The lowest BCUT2D eigenvalue weighted by molar-refractivity contribution is 0.461. The van der Waals surface area contributed by atoms with Crippen LogP contribution in [-0.4, -0.2) is 4.98 Å². The van der Waals surface area contributed by atoms with Crippen LogP contribution in [0.3, 0.4) is 0 Å². The van der Waals surface area contributed by atoms with Crippen molar-refractivity contribution in [2.24, 2.45) is 0 Å². The van der Waals surface area contributed by atoms with Gasteiger partial charge >= 0.3 is 11.4 Å². The maximum Gasteiger partial charge on any atom is 0.419 e. The summed E-state index contributed by atoms with van der Waals surface area (Å²) in [6, 6.07) is 5.82. The summed E-state index contributed by atoms with van der Waals surface area (Å²) in [5, 5.41) is 1.73. The first-order valence-corrected chi connectivity index (χ1v) is 5.94. The lowest BCUT2D eigenvalue weighted by Crippen LogP contribution is -2.13. The van der Waals surface area contributed by atoms with E-state index in [9.17, 15) is 14.0 Å². The van der Waals surface area contributed by atoms with Crippen molar-refractivity contribution in [3.63, 3.8) is 0 Å². The zero-order chi connectivity index (χ0) is 12.7. The summed E-state index contributed by atoms with van der Waals surface area (Å²) in [5.41, 5.74) is 1.17. The van der Waals surface area contributed by atoms with Crippen molar-refractivity contribution >= 4 is 21.6 Å². The highest BCUT2D eigenvalue weighted by molar-refractivity contribution is 7.17. The van der Waals surface area contributed by atoms with Crippen LogP contribution in [0.5, 0.6) is 0 Å². The number of hydrogen-bond donors (Lipinski definition) is 1. The molecule has 0 amide bonds. The SMILES string of the molecule is O=c1[nH]c2c(-c3ccc(F)cc3)csc2c(=O)o1. The Morgan fingerprint density at radius 3 is 2.61 bits per heavy atom. The van der Waals surface area contributed by atoms with E-state index in [1.807, 2.05) is 0 Å². The number of benzene rings is 1. The number of nitrogens with one attached hydrogen (secondary N) is 1. The first-order valence-electron chi connectivity index (χ1n) is 5.06. The van der Waals surface area contributed by atoms with Crippen molar-refractivity contribution in [3.05, 3.63) is 56.4 Å². The summed E-state index contributed by atoms with van der Waals surface area (Å²) in [6.07, 6.45) is 0. The molecule has 2 aromatic heterocycles. The van der Waals surface area contributed by atoms with Gasteiger partial charge in [-0.2, -0.15) is 0 Å². The summed E-state index contributed by atoms with van der Waals surface area (Å²) >= 11 is 1.18. The Bertz CT molecular complexity index is 829. The normalized spacial score (nSPS) is 10.9. The predicted molar refractivity (Wildman–Crippen MR) is 66.4 cm³/mol. The molecule has 0 aliphatic rings. The van der Waals surface area contributed by atoms with E-state index in [2.05, 4.69) is 9.40 Å². The van der Waals surface area contributed by atoms with Crippen molar-refractivity contribution in [1.82, 2.24) is 4.98 Å². The number of hydrogen-bond acceptors (Lipinski definition) is 4. The molecule has 3 rings (SSSR count). The molecule has 18 heavy (non-hydrogen) atoms. The van der Waals surface area contributed by atoms with Gasteiger partial charge in [-0.3, -0.25) is 4.98 Å². The Morgan fingerprint density at radius 2 is 1.89 bits per heavy atom. The highest BCUT2D eigenvalue weighted by Crippen LogP contribution is 2.30. The molecule has 0 fully saturated rings. The fourth-order valence-electron chi connectivity index (χ4n) is 1.73. The Balaban J connectivity index is 2.33. The molecule has 1 aromatic carbocycles. The first kappa shape index (κ1) is 10.9. The van der Waals surface area contributed by atoms with Crippen LogP contribution in [0.4, 0.5) is 4.39 Å². The van der Waals surface area contributed by atoms with Crippen molar-refractivity contribution in [1.29, 1.82) is 0 Å². The monoisotopic (exact) mass is 263 g/mol. The number of halogens is 1. The van der Waals surface area contributed by atoms with Crippen LogP contribution in [0.1, 0.15) is 0 Å². The molecule has 3 aromatic rings. The molecule has 2 heterocycles. The highest BCUT2D eigenvalue weighted by Gasteiger charge is 2.11. The van der Waals surface area contributed by atoms with E-state index in [1.54, 1.807) is 17.5 Å². The molecule has 0 saturated carbocycles. The van der Waals surface area contributed by atoms with Gasteiger partial charge in [0.2, 0.25) is 0 Å². The number of thiophene rings is 1. The van der Waals surface area contributed by atoms with Crippen molar-refractivity contribution in [2.45, 2.75) is 0 Å². The molecule has 0 bridgehead atoms. The summed E-state index contributed by atoms with van der Waals surface area (Å²) < 4.78 is 17.6. The maximum atomic E-state index is 12.9. The number of rotatable bonds is 1. The lowest BCUT2D eigenvalue weighted by Gasteiger charge is -1.98. The molecule has 1 N–H and O–H groups in total. The van der Waals surface area contributed by atoms with Crippen molar-refractivity contribution < 1.29 is 8.81 Å². The van der Waals surface area contributed by atoms with Gasteiger partial charge in [-0.25, -0.2) is 14.0 Å². The van der Waals surface area contributed by atoms with Crippen molar-refractivity contribution in [3.8, 4) is 11.1 Å². The summed E-state index contributed by atoms with van der Waals surface area (Å²) in [5.74, 6) is -1.14. The molecule has 0 aliphatic heterocycles. The highest BCUT2D eigenvalue weighted by atomic mass is 32.1. The maximum absolute atomic E-state index is 12.9. The zero-order valence-corrected chi connectivity index (χ0v) is 9.71. The van der Waals surface area contributed by atoms with Gasteiger partial charge in [-0.05, 0) is 17.7 Å². The molecule has 0 saturated heterocycles. The molecule has 0 aliphatic carbocycles. The summed E-state index contributed by atoms with van der Waals surface area (Å²) in [4.78, 5) is 25.1. The van der Waals surface area contributed by atoms with Crippen LogP contribution < -0.4 is 11.4 Å². The average molecular weight is 263 g/mol. The minimum atomic E-state index is -0.797. The zero-order valence-electron chi connectivity index (χ0n) is 8.90. The third-order valence-corrected chi connectivity index (χ3v) is 3.50. The van der Waals surface area contributed by atoms with Gasteiger partial charge in [0.1, 0.15) is 10.5 Å². The van der Waals surface area contributed by atoms with E-state index in [4.69, 9.17) is 0 Å². The second kappa shape index (κ2) is 3.92. The molecule has 0 unspecified atom stereocenters. The molecule has 6 heteroatoms. The Labute approximate surface area is 103 Å². The lowest BCUT2D eigenvalue weighted by atomic mass is 10.1. The number of fused-ring (bicyclic) bond motifs is 1. The fourth-order valence-corrected chi connectivity index (χ4v) is 2.64. The Morgan fingerprint density at radius 1 is 1.17 bits per heavy atom. The molecule has 4 nitrogen and oxygen atoms in total. The molecule has 0 radical (unpaired) electrons. The van der Waals surface area contributed by atoms with E-state index in [0.29, 0.717) is 15.8 Å². The standard InChI is InChI=1S/C12H6FNO3S/c13-7-3-1-6(2-4-7)8-5-18-10-9(8)14-12(16)17-11(10)15/h1-5H,(H,14,16). The molecule has 0 spiro atoms. The predicted octanol–water partition coefficient (Wildman–Crippen LogP) is 2.35. The second-order valence-corrected chi connectivity index (χ2v) is 4.54. The summed E-state index contributed by atoms with van der Waals surface area (Å²) in [7, 11) is 0. The summed E-state index contributed by atoms with van der Waals surface area (Å²) in [6.45, 7) is 0. The smallest absolute Gasteiger partial charge is 0.372 e. The number of aromatic nitrogens is 1. The van der Waals surface area contributed by atoms with Crippen molar-refractivity contribution in [2.75, 3.05) is 0 Å². The first-order chi connectivity index (χ1) is 8.65. The Hall–Kier alpha value is -2.21. The number of H-pyrrole nitrogens is 1. The fraction of sp³-hybridized carbons (Fsp3) is 0. The van der Waals surface area contributed by atoms with Crippen LogP contribution in [0.2, 0.25) is 0 Å². The second-order valence-electron chi connectivity index (χ2n) is 3.66.